The Kier molecular flexibility index (Phi) is 5.83. The highest BCUT2D eigenvalue weighted by molar-refractivity contribution is 9.10. The molecule has 0 atom stereocenters. The molecule has 0 saturated heterocycles. The smallest absolute Gasteiger partial charge is 0.260 e. The molecule has 0 bridgehead atoms. The van der Waals surface area contributed by atoms with Crippen molar-refractivity contribution in [3.8, 4) is 5.75 Å². The number of likely N-dealkylation sites (N-methyl/N-ethyl adjacent to an activating group) is 1. The molecule has 0 unspecified atom stereocenters. The molecule has 3 nitrogen and oxygen atoms in total. The fourth-order valence-electron chi connectivity index (χ4n) is 2.36. The van der Waals surface area contributed by atoms with Crippen LogP contribution >= 0.6 is 15.9 Å². The first-order valence-electron chi connectivity index (χ1n) is 7.57. The zero-order valence-corrected chi connectivity index (χ0v) is 15.6. The van der Waals surface area contributed by atoms with Gasteiger partial charge in [-0.05, 0) is 49.1 Å². The standard InChI is InChI=1S/C19H22BrNO2/c1-13-10-17(14(2)15(3)19(13)20)23-12-18(22)21(4)11-16-8-6-5-7-9-16/h5-10H,11-12H2,1-4H3. The van der Waals surface area contributed by atoms with E-state index in [1.807, 2.05) is 57.2 Å². The summed E-state index contributed by atoms with van der Waals surface area (Å²) in [4.78, 5) is 13.9. The van der Waals surface area contributed by atoms with E-state index in [1.54, 1.807) is 11.9 Å². The van der Waals surface area contributed by atoms with Crippen LogP contribution in [0.25, 0.3) is 0 Å². The molecule has 0 aliphatic rings. The van der Waals surface area contributed by atoms with Crippen LogP contribution in [0.2, 0.25) is 0 Å². The zero-order chi connectivity index (χ0) is 17.0. The van der Waals surface area contributed by atoms with E-state index in [0.29, 0.717) is 6.54 Å². The van der Waals surface area contributed by atoms with Crippen LogP contribution in [0.5, 0.6) is 5.75 Å². The molecule has 0 heterocycles. The number of halogens is 1. The third kappa shape index (κ3) is 4.35. The maximum absolute atomic E-state index is 12.3. The molecule has 0 spiro atoms. The third-order valence-corrected chi connectivity index (χ3v) is 5.21. The Balaban J connectivity index is 1.99. The highest BCUT2D eigenvalue weighted by Crippen LogP contribution is 2.31. The van der Waals surface area contributed by atoms with E-state index in [0.717, 1.165) is 32.5 Å². The minimum atomic E-state index is -0.0357. The van der Waals surface area contributed by atoms with Crippen LogP contribution in [0.3, 0.4) is 0 Å². The molecule has 0 aliphatic heterocycles. The molecule has 122 valence electrons. The molecule has 0 aliphatic carbocycles. The Labute approximate surface area is 146 Å². The van der Waals surface area contributed by atoms with Crippen molar-refractivity contribution in [3.63, 3.8) is 0 Å². The molecule has 23 heavy (non-hydrogen) atoms. The summed E-state index contributed by atoms with van der Waals surface area (Å²) < 4.78 is 6.85. The van der Waals surface area contributed by atoms with Crippen LogP contribution in [0.4, 0.5) is 0 Å². The molecular weight excluding hydrogens is 354 g/mol. The highest BCUT2D eigenvalue weighted by Gasteiger charge is 2.13. The van der Waals surface area contributed by atoms with Gasteiger partial charge in [0.2, 0.25) is 0 Å². The fraction of sp³-hybridized carbons (Fsp3) is 0.316. The van der Waals surface area contributed by atoms with E-state index in [4.69, 9.17) is 4.74 Å². The lowest BCUT2D eigenvalue weighted by Gasteiger charge is -2.19. The van der Waals surface area contributed by atoms with Crippen LogP contribution in [0, 0.1) is 20.8 Å². The maximum Gasteiger partial charge on any atom is 0.260 e. The van der Waals surface area contributed by atoms with Gasteiger partial charge in [-0.1, -0.05) is 46.3 Å². The second-order valence-corrected chi connectivity index (χ2v) is 6.57. The Morgan fingerprint density at radius 2 is 1.78 bits per heavy atom. The first-order valence-corrected chi connectivity index (χ1v) is 8.36. The van der Waals surface area contributed by atoms with Crippen molar-refractivity contribution in [3.05, 3.63) is 63.1 Å². The highest BCUT2D eigenvalue weighted by atomic mass is 79.9. The van der Waals surface area contributed by atoms with Gasteiger partial charge in [0.05, 0.1) is 0 Å². The van der Waals surface area contributed by atoms with Crippen molar-refractivity contribution in [2.45, 2.75) is 27.3 Å². The number of hydrogen-bond donors (Lipinski definition) is 0. The van der Waals surface area contributed by atoms with Crippen molar-refractivity contribution in [2.75, 3.05) is 13.7 Å². The SMILES string of the molecule is Cc1cc(OCC(=O)N(C)Cc2ccccc2)c(C)c(C)c1Br. The molecule has 0 saturated carbocycles. The first-order chi connectivity index (χ1) is 10.9. The zero-order valence-electron chi connectivity index (χ0n) is 14.0. The van der Waals surface area contributed by atoms with Gasteiger partial charge in [0.1, 0.15) is 5.75 Å². The van der Waals surface area contributed by atoms with Gasteiger partial charge in [-0.3, -0.25) is 4.79 Å². The van der Waals surface area contributed by atoms with E-state index < -0.39 is 0 Å². The Bertz CT molecular complexity index is 698. The van der Waals surface area contributed by atoms with E-state index in [2.05, 4.69) is 15.9 Å². The topological polar surface area (TPSA) is 29.5 Å². The molecular formula is C19H22BrNO2. The van der Waals surface area contributed by atoms with Gasteiger partial charge in [0.25, 0.3) is 5.91 Å². The summed E-state index contributed by atoms with van der Waals surface area (Å²) in [5.74, 6) is 0.733. The summed E-state index contributed by atoms with van der Waals surface area (Å²) in [5, 5.41) is 0. The summed E-state index contributed by atoms with van der Waals surface area (Å²) in [7, 11) is 1.80. The van der Waals surface area contributed by atoms with Gasteiger partial charge in [-0.2, -0.15) is 0 Å². The van der Waals surface area contributed by atoms with Gasteiger partial charge in [-0.25, -0.2) is 0 Å². The number of ether oxygens (including phenoxy) is 1. The number of carbonyl (C=O) groups is 1. The number of rotatable bonds is 5. The van der Waals surface area contributed by atoms with Gasteiger partial charge in [0.15, 0.2) is 6.61 Å². The largest absolute Gasteiger partial charge is 0.483 e. The third-order valence-electron chi connectivity index (χ3n) is 3.99. The van der Waals surface area contributed by atoms with Gasteiger partial charge < -0.3 is 9.64 Å². The van der Waals surface area contributed by atoms with E-state index in [-0.39, 0.29) is 12.5 Å². The molecule has 0 N–H and O–H groups in total. The van der Waals surface area contributed by atoms with Crippen molar-refractivity contribution >= 4 is 21.8 Å². The Hall–Kier alpha value is -1.81. The van der Waals surface area contributed by atoms with Crippen LogP contribution in [0.15, 0.2) is 40.9 Å². The van der Waals surface area contributed by atoms with Crippen LogP contribution in [-0.4, -0.2) is 24.5 Å². The maximum atomic E-state index is 12.3. The summed E-state index contributed by atoms with van der Waals surface area (Å²) in [6.45, 7) is 6.70. The normalized spacial score (nSPS) is 10.5. The van der Waals surface area contributed by atoms with Crippen molar-refractivity contribution in [1.29, 1.82) is 0 Å². The summed E-state index contributed by atoms with van der Waals surface area (Å²) in [5.41, 5.74) is 4.41. The lowest BCUT2D eigenvalue weighted by molar-refractivity contribution is -0.132. The number of nitrogens with zero attached hydrogens (tertiary/aromatic N) is 1. The Morgan fingerprint density at radius 1 is 1.13 bits per heavy atom. The minimum Gasteiger partial charge on any atom is -0.483 e. The average Bonchev–Trinajstić information content (AvgIpc) is 2.55. The number of hydrogen-bond acceptors (Lipinski definition) is 2. The van der Waals surface area contributed by atoms with Crippen LogP contribution in [-0.2, 0) is 11.3 Å². The summed E-state index contributed by atoms with van der Waals surface area (Å²) in [6.07, 6.45) is 0. The van der Waals surface area contributed by atoms with Gasteiger partial charge in [0, 0.05) is 18.1 Å². The minimum absolute atomic E-state index is 0.0357. The lowest BCUT2D eigenvalue weighted by Crippen LogP contribution is -2.31. The Morgan fingerprint density at radius 3 is 2.43 bits per heavy atom. The second-order valence-electron chi connectivity index (χ2n) is 5.78. The lowest BCUT2D eigenvalue weighted by atomic mass is 10.1. The molecule has 4 heteroatoms. The van der Waals surface area contributed by atoms with Gasteiger partial charge in [-0.15, -0.1) is 0 Å². The monoisotopic (exact) mass is 375 g/mol. The summed E-state index contributed by atoms with van der Waals surface area (Å²) >= 11 is 3.57. The quantitative estimate of drug-likeness (QED) is 0.774. The average molecular weight is 376 g/mol. The van der Waals surface area contributed by atoms with Crippen LogP contribution in [0.1, 0.15) is 22.3 Å². The van der Waals surface area contributed by atoms with Crippen molar-refractivity contribution in [1.82, 2.24) is 4.90 Å². The predicted molar refractivity (Wildman–Crippen MR) is 96.8 cm³/mol. The number of benzene rings is 2. The number of carbonyl (C=O) groups excluding carboxylic acids is 1. The molecule has 0 aromatic heterocycles. The number of amides is 1. The first kappa shape index (κ1) is 17.5. The molecule has 1 amide bonds. The number of aryl methyl sites for hydroxylation is 1. The van der Waals surface area contributed by atoms with Gasteiger partial charge >= 0.3 is 0 Å². The second kappa shape index (κ2) is 7.64. The molecule has 2 aromatic carbocycles. The summed E-state index contributed by atoms with van der Waals surface area (Å²) in [6, 6.07) is 11.9. The van der Waals surface area contributed by atoms with Crippen molar-refractivity contribution < 1.29 is 9.53 Å². The molecule has 0 radical (unpaired) electrons. The van der Waals surface area contributed by atoms with E-state index in [1.165, 1.54) is 0 Å². The predicted octanol–water partition coefficient (Wildman–Crippen LogP) is 4.41. The molecule has 2 rings (SSSR count). The molecule has 2 aromatic rings. The molecule has 0 fully saturated rings. The van der Waals surface area contributed by atoms with E-state index >= 15 is 0 Å². The van der Waals surface area contributed by atoms with E-state index in [9.17, 15) is 4.79 Å². The fourth-order valence-corrected chi connectivity index (χ4v) is 2.77. The van der Waals surface area contributed by atoms with Crippen LogP contribution < -0.4 is 4.74 Å². The van der Waals surface area contributed by atoms with Crippen molar-refractivity contribution in [2.24, 2.45) is 0 Å².